The summed E-state index contributed by atoms with van der Waals surface area (Å²) in [7, 11) is 0. The van der Waals surface area contributed by atoms with Gasteiger partial charge in [0.15, 0.2) is 17.5 Å². The number of para-hydroxylation sites is 1. The Morgan fingerprint density at radius 3 is 1.72 bits per heavy atom. The standard InChI is InChI=1S/C49H31N3O2/c53-43-30-39(37-25-26-45-41(28-37)40-17-9-10-18-44(40)54-45)29-42(46(43)34-14-5-2-6-15-34)49-51-47(35-22-19-33(20-23-35)31-11-3-1-4-12-31)50-48(52-49)38-24-21-32-13-7-8-16-36(32)27-38/h1-30,53H. The molecule has 0 radical (unpaired) electrons. The van der Waals surface area contributed by atoms with E-state index in [2.05, 4.69) is 84.9 Å². The Balaban J connectivity index is 1.19. The van der Waals surface area contributed by atoms with Gasteiger partial charge in [-0.3, -0.25) is 0 Å². The molecule has 2 aromatic heterocycles. The molecule has 10 aromatic rings. The Kier molecular flexibility index (Phi) is 7.55. The van der Waals surface area contributed by atoms with Gasteiger partial charge in [-0.1, -0.05) is 146 Å². The zero-order chi connectivity index (χ0) is 36.0. The van der Waals surface area contributed by atoms with Gasteiger partial charge in [0, 0.05) is 33.0 Å². The molecule has 0 saturated carbocycles. The second-order valence-electron chi connectivity index (χ2n) is 13.4. The molecule has 0 aliphatic rings. The van der Waals surface area contributed by atoms with Gasteiger partial charge < -0.3 is 9.52 Å². The number of benzene rings is 8. The average Bonchev–Trinajstić information content (AvgIpc) is 3.62. The Labute approximate surface area is 311 Å². The van der Waals surface area contributed by atoms with Crippen LogP contribution in [0.3, 0.4) is 0 Å². The van der Waals surface area contributed by atoms with Gasteiger partial charge >= 0.3 is 0 Å². The van der Waals surface area contributed by atoms with Crippen LogP contribution in [0, 0.1) is 0 Å². The van der Waals surface area contributed by atoms with Crippen LogP contribution in [0.4, 0.5) is 0 Å². The molecule has 0 aliphatic carbocycles. The van der Waals surface area contributed by atoms with Crippen molar-refractivity contribution < 1.29 is 9.52 Å². The maximum Gasteiger partial charge on any atom is 0.164 e. The van der Waals surface area contributed by atoms with Gasteiger partial charge in [0.05, 0.1) is 0 Å². The fraction of sp³-hybridized carbons (Fsp3) is 0. The number of phenols is 1. The molecule has 254 valence electrons. The van der Waals surface area contributed by atoms with Crippen LogP contribution in [0.2, 0.25) is 0 Å². The highest BCUT2D eigenvalue weighted by atomic mass is 16.3. The summed E-state index contributed by atoms with van der Waals surface area (Å²) in [4.78, 5) is 15.4. The fourth-order valence-electron chi connectivity index (χ4n) is 7.31. The summed E-state index contributed by atoms with van der Waals surface area (Å²) in [6.07, 6.45) is 0. The zero-order valence-electron chi connectivity index (χ0n) is 29.0. The van der Waals surface area contributed by atoms with E-state index in [9.17, 15) is 5.11 Å². The lowest BCUT2D eigenvalue weighted by molar-refractivity contribution is 0.477. The predicted molar refractivity (Wildman–Crippen MR) is 219 cm³/mol. The molecule has 54 heavy (non-hydrogen) atoms. The molecular formula is C49H31N3O2. The second-order valence-corrected chi connectivity index (χ2v) is 13.4. The van der Waals surface area contributed by atoms with Gasteiger partial charge in [0.1, 0.15) is 16.9 Å². The van der Waals surface area contributed by atoms with Gasteiger partial charge in [-0.2, -0.15) is 0 Å². The smallest absolute Gasteiger partial charge is 0.164 e. The van der Waals surface area contributed by atoms with Crippen LogP contribution >= 0.6 is 0 Å². The number of phenolic OH excluding ortho intramolecular Hbond substituents is 1. The normalized spacial score (nSPS) is 11.4. The molecule has 0 fully saturated rings. The molecule has 10 rings (SSSR count). The molecule has 0 bridgehead atoms. The van der Waals surface area contributed by atoms with E-state index in [1.807, 2.05) is 97.1 Å². The van der Waals surface area contributed by atoms with E-state index < -0.39 is 0 Å². The molecule has 2 heterocycles. The maximum absolute atomic E-state index is 11.9. The van der Waals surface area contributed by atoms with Crippen LogP contribution in [-0.4, -0.2) is 20.1 Å². The molecule has 0 saturated heterocycles. The number of hydrogen-bond acceptors (Lipinski definition) is 5. The quantitative estimate of drug-likeness (QED) is 0.188. The monoisotopic (exact) mass is 693 g/mol. The van der Waals surface area contributed by atoms with Crippen molar-refractivity contribution in [2.75, 3.05) is 0 Å². The number of fused-ring (bicyclic) bond motifs is 4. The molecule has 1 N–H and O–H groups in total. The van der Waals surface area contributed by atoms with E-state index in [1.54, 1.807) is 0 Å². The minimum absolute atomic E-state index is 0.132. The van der Waals surface area contributed by atoms with Gasteiger partial charge in [0.2, 0.25) is 0 Å². The van der Waals surface area contributed by atoms with Crippen LogP contribution in [0.5, 0.6) is 5.75 Å². The molecule has 0 aliphatic heterocycles. The van der Waals surface area contributed by atoms with Crippen LogP contribution in [0.1, 0.15) is 0 Å². The summed E-state index contributed by atoms with van der Waals surface area (Å²) in [6, 6.07) is 61.1. The Hall–Kier alpha value is -7.37. The molecule has 0 unspecified atom stereocenters. The average molecular weight is 694 g/mol. The van der Waals surface area contributed by atoms with E-state index in [0.717, 1.165) is 71.7 Å². The summed E-state index contributed by atoms with van der Waals surface area (Å²) in [5, 5.41) is 16.2. The summed E-state index contributed by atoms with van der Waals surface area (Å²) in [6.45, 7) is 0. The van der Waals surface area contributed by atoms with Crippen molar-refractivity contribution in [3.8, 4) is 73.3 Å². The molecule has 0 spiro atoms. The highest BCUT2D eigenvalue weighted by Gasteiger charge is 2.21. The van der Waals surface area contributed by atoms with E-state index in [4.69, 9.17) is 19.4 Å². The second kappa shape index (κ2) is 13.0. The van der Waals surface area contributed by atoms with Gasteiger partial charge in [-0.25, -0.2) is 15.0 Å². The Morgan fingerprint density at radius 2 is 0.926 bits per heavy atom. The zero-order valence-corrected chi connectivity index (χ0v) is 29.0. The lowest BCUT2D eigenvalue weighted by atomic mass is 9.92. The molecule has 5 nitrogen and oxygen atoms in total. The summed E-state index contributed by atoms with van der Waals surface area (Å²) in [5.41, 5.74) is 9.59. The van der Waals surface area contributed by atoms with Gasteiger partial charge in [-0.15, -0.1) is 0 Å². The third-order valence-corrected chi connectivity index (χ3v) is 10.0. The number of nitrogens with zero attached hydrogens (tertiary/aromatic N) is 3. The van der Waals surface area contributed by atoms with Gasteiger partial charge in [0.25, 0.3) is 0 Å². The fourth-order valence-corrected chi connectivity index (χ4v) is 7.31. The minimum atomic E-state index is 0.132. The predicted octanol–water partition coefficient (Wildman–Crippen LogP) is 12.6. The summed E-state index contributed by atoms with van der Waals surface area (Å²) >= 11 is 0. The van der Waals surface area contributed by atoms with Crippen molar-refractivity contribution in [2.45, 2.75) is 0 Å². The largest absolute Gasteiger partial charge is 0.507 e. The van der Waals surface area contributed by atoms with Gasteiger partial charge in [-0.05, 0) is 75.0 Å². The number of furan rings is 1. The first-order chi connectivity index (χ1) is 26.6. The van der Waals surface area contributed by atoms with Crippen LogP contribution in [0.15, 0.2) is 186 Å². The number of aromatic nitrogens is 3. The van der Waals surface area contributed by atoms with E-state index >= 15 is 0 Å². The van der Waals surface area contributed by atoms with Crippen molar-refractivity contribution >= 4 is 32.7 Å². The summed E-state index contributed by atoms with van der Waals surface area (Å²) in [5.74, 6) is 1.68. The molecule has 0 amide bonds. The third-order valence-electron chi connectivity index (χ3n) is 10.0. The third kappa shape index (κ3) is 5.65. The minimum Gasteiger partial charge on any atom is -0.507 e. The number of hydrogen-bond donors (Lipinski definition) is 1. The highest BCUT2D eigenvalue weighted by molar-refractivity contribution is 6.06. The van der Waals surface area contributed by atoms with Crippen molar-refractivity contribution in [1.82, 2.24) is 15.0 Å². The van der Waals surface area contributed by atoms with E-state index in [1.165, 1.54) is 0 Å². The summed E-state index contributed by atoms with van der Waals surface area (Å²) < 4.78 is 6.13. The first-order valence-corrected chi connectivity index (χ1v) is 17.9. The Morgan fingerprint density at radius 1 is 0.352 bits per heavy atom. The van der Waals surface area contributed by atoms with Crippen LogP contribution < -0.4 is 0 Å². The topological polar surface area (TPSA) is 72.0 Å². The first kappa shape index (κ1) is 31.4. The molecule has 0 atom stereocenters. The Bertz CT molecular complexity index is 2990. The number of rotatable bonds is 6. The number of aromatic hydroxyl groups is 1. The SMILES string of the molecule is Oc1cc(-c2ccc3oc4ccccc4c3c2)cc(-c2nc(-c3ccc(-c4ccccc4)cc3)nc(-c3ccc4ccccc4c3)n2)c1-c1ccccc1. The van der Waals surface area contributed by atoms with Crippen molar-refractivity contribution in [3.05, 3.63) is 182 Å². The van der Waals surface area contributed by atoms with Crippen molar-refractivity contribution in [2.24, 2.45) is 0 Å². The van der Waals surface area contributed by atoms with E-state index in [-0.39, 0.29) is 5.75 Å². The maximum atomic E-state index is 11.9. The van der Waals surface area contributed by atoms with E-state index in [0.29, 0.717) is 28.6 Å². The highest BCUT2D eigenvalue weighted by Crippen LogP contribution is 2.43. The van der Waals surface area contributed by atoms with Crippen molar-refractivity contribution in [3.63, 3.8) is 0 Å². The molecule has 8 aromatic carbocycles. The first-order valence-electron chi connectivity index (χ1n) is 17.9. The van der Waals surface area contributed by atoms with Crippen molar-refractivity contribution in [1.29, 1.82) is 0 Å². The lowest BCUT2D eigenvalue weighted by Crippen LogP contribution is -2.02. The molecular weight excluding hydrogens is 663 g/mol. The lowest BCUT2D eigenvalue weighted by Gasteiger charge is -2.16. The van der Waals surface area contributed by atoms with Crippen LogP contribution in [-0.2, 0) is 0 Å². The van der Waals surface area contributed by atoms with Crippen LogP contribution in [0.25, 0.3) is 100 Å². The molecule has 5 heteroatoms.